The summed E-state index contributed by atoms with van der Waals surface area (Å²) in [6.45, 7) is 11.2. The minimum absolute atomic E-state index is 0.0218. The number of aliphatic hydroxyl groups excluding tert-OH is 1. The van der Waals surface area contributed by atoms with Crippen LogP contribution in [0.4, 0.5) is 0 Å². The maximum atomic E-state index is 14.3. The quantitative estimate of drug-likeness (QED) is 0.397. The van der Waals surface area contributed by atoms with Crippen molar-refractivity contribution in [3.63, 3.8) is 0 Å². The summed E-state index contributed by atoms with van der Waals surface area (Å²) in [6.07, 6.45) is 9.17. The Balaban J connectivity index is 1.20. The summed E-state index contributed by atoms with van der Waals surface area (Å²) < 4.78 is 6.39. The highest BCUT2D eigenvalue weighted by Crippen LogP contribution is 2.54. The van der Waals surface area contributed by atoms with E-state index in [1.807, 2.05) is 19.9 Å². The second-order valence-electron chi connectivity index (χ2n) is 15.9. The third-order valence-corrected chi connectivity index (χ3v) is 10.5. The van der Waals surface area contributed by atoms with Gasteiger partial charge in [0.1, 0.15) is 17.5 Å². The molecule has 232 valence electrons. The molecular weight excluding hydrogens is 542 g/mol. The molecule has 8 nitrogen and oxygen atoms in total. The molecule has 43 heavy (non-hydrogen) atoms. The molecule has 4 aliphatic carbocycles. The molecule has 4 fully saturated rings. The number of carbonyl (C=O) groups excluding carboxylic acids is 2. The Morgan fingerprint density at radius 3 is 2.58 bits per heavy atom. The maximum Gasteiger partial charge on any atom is 0.255 e. The number of hydrogen-bond donors (Lipinski definition) is 3. The zero-order chi connectivity index (χ0) is 30.3. The molecule has 7 atom stereocenters. The number of hydrogen-bond acceptors (Lipinski definition) is 6. The number of benzene rings is 1. The van der Waals surface area contributed by atoms with Crippen LogP contribution >= 0.6 is 0 Å². The predicted molar refractivity (Wildman–Crippen MR) is 164 cm³/mol. The molecule has 2 heterocycles. The standard InChI is InChI=1S/C35H47N3O5/c1-34(2,3)17-36-33(41)28-22-8-9-23(24(22)10-18-6-7-18)30(28)37-32(40)26-14-20(13-21-15-35(4,5)42-31(21)26)29-25-11-19(16-39)12-27(25)43-38-29/h10,13-14,18-19,22-23,25,27-28,30,39H,6-9,11-12,15-17H2,1-5H3,(H,36,41)(H,37,40)/b24-10-/t19?,22?,23?,25?,27?,28-,30+/m0/s1. The molecule has 6 aliphatic rings. The number of ether oxygens (including phenoxy) is 1. The predicted octanol–water partition coefficient (Wildman–Crippen LogP) is 4.77. The Kier molecular flexibility index (Phi) is 6.95. The largest absolute Gasteiger partial charge is 0.486 e. The number of nitrogens with one attached hydrogen (secondary N) is 2. The van der Waals surface area contributed by atoms with Crippen molar-refractivity contribution >= 4 is 17.5 Å². The zero-order valence-corrected chi connectivity index (χ0v) is 26.2. The fraction of sp³-hybridized carbons (Fsp3) is 0.686. The number of rotatable bonds is 7. The van der Waals surface area contributed by atoms with Gasteiger partial charge in [0, 0.05) is 43.0 Å². The van der Waals surface area contributed by atoms with Crippen molar-refractivity contribution < 1.29 is 24.3 Å². The third-order valence-electron chi connectivity index (χ3n) is 10.5. The van der Waals surface area contributed by atoms with Crippen LogP contribution in [0.25, 0.3) is 0 Å². The molecule has 0 spiro atoms. The van der Waals surface area contributed by atoms with Gasteiger partial charge < -0.3 is 25.3 Å². The van der Waals surface area contributed by atoms with E-state index in [0.717, 1.165) is 42.5 Å². The van der Waals surface area contributed by atoms with Crippen LogP contribution in [0.5, 0.6) is 5.75 Å². The van der Waals surface area contributed by atoms with E-state index >= 15 is 0 Å². The molecule has 7 rings (SSSR count). The van der Waals surface area contributed by atoms with Crippen molar-refractivity contribution in [3.8, 4) is 5.75 Å². The number of nitrogens with zero attached hydrogens (tertiary/aromatic N) is 1. The van der Waals surface area contributed by atoms with E-state index in [-0.39, 0.29) is 65.6 Å². The highest BCUT2D eigenvalue weighted by atomic mass is 16.6. The fourth-order valence-electron chi connectivity index (χ4n) is 8.40. The molecule has 2 aliphatic heterocycles. The van der Waals surface area contributed by atoms with Crippen LogP contribution in [0.2, 0.25) is 0 Å². The van der Waals surface area contributed by atoms with Gasteiger partial charge in [0.2, 0.25) is 5.91 Å². The summed E-state index contributed by atoms with van der Waals surface area (Å²) in [4.78, 5) is 33.9. The van der Waals surface area contributed by atoms with Crippen LogP contribution in [0.15, 0.2) is 28.9 Å². The van der Waals surface area contributed by atoms with Crippen molar-refractivity contribution in [3.05, 3.63) is 40.5 Å². The Morgan fingerprint density at radius 1 is 1.09 bits per heavy atom. The van der Waals surface area contributed by atoms with Crippen LogP contribution < -0.4 is 15.4 Å². The van der Waals surface area contributed by atoms with Gasteiger partial charge in [-0.05, 0) is 93.2 Å². The second kappa shape index (κ2) is 10.4. The lowest BCUT2D eigenvalue weighted by Gasteiger charge is -2.31. The average molecular weight is 590 g/mol. The number of carbonyl (C=O) groups is 2. The number of oxime groups is 1. The van der Waals surface area contributed by atoms with Crippen LogP contribution in [0, 0.1) is 40.9 Å². The van der Waals surface area contributed by atoms with Gasteiger partial charge in [-0.1, -0.05) is 37.6 Å². The van der Waals surface area contributed by atoms with E-state index in [1.165, 1.54) is 18.4 Å². The summed E-state index contributed by atoms with van der Waals surface area (Å²) in [5, 5.41) is 20.9. The first-order valence-electron chi connectivity index (χ1n) is 16.4. The molecule has 8 heteroatoms. The summed E-state index contributed by atoms with van der Waals surface area (Å²) in [5.74, 6) is 1.54. The van der Waals surface area contributed by atoms with E-state index in [0.29, 0.717) is 30.2 Å². The molecule has 0 radical (unpaired) electrons. The molecule has 1 aromatic carbocycles. The first-order valence-corrected chi connectivity index (χ1v) is 16.4. The molecule has 2 amide bonds. The molecule has 1 aromatic rings. The van der Waals surface area contributed by atoms with Gasteiger partial charge in [-0.15, -0.1) is 0 Å². The van der Waals surface area contributed by atoms with Crippen molar-refractivity contribution in [1.29, 1.82) is 0 Å². The Labute approximate surface area is 255 Å². The van der Waals surface area contributed by atoms with Crippen molar-refractivity contribution in [2.24, 2.45) is 46.1 Å². The first-order chi connectivity index (χ1) is 20.4. The van der Waals surface area contributed by atoms with Gasteiger partial charge >= 0.3 is 0 Å². The molecule has 0 saturated heterocycles. The fourth-order valence-corrected chi connectivity index (χ4v) is 8.40. The average Bonchev–Trinajstić information content (AvgIpc) is 3.22. The van der Waals surface area contributed by atoms with E-state index in [9.17, 15) is 14.7 Å². The van der Waals surface area contributed by atoms with Crippen LogP contribution in [0.1, 0.15) is 94.6 Å². The van der Waals surface area contributed by atoms with Crippen molar-refractivity contribution in [2.75, 3.05) is 13.2 Å². The van der Waals surface area contributed by atoms with Crippen molar-refractivity contribution in [1.82, 2.24) is 10.6 Å². The number of amides is 2. The number of fused-ring (bicyclic) bond motifs is 4. The van der Waals surface area contributed by atoms with Gasteiger partial charge in [0.15, 0.2) is 0 Å². The smallest absolute Gasteiger partial charge is 0.255 e. The summed E-state index contributed by atoms with van der Waals surface area (Å²) in [6, 6.07) is 3.77. The third kappa shape index (κ3) is 5.38. The Bertz CT molecular complexity index is 1390. The SMILES string of the molecule is CC(C)(C)CNC(=O)[C@H]1C2CCC(/C2=C\C2CC2)[C@H]1NC(=O)c1cc(C2=NOC3CC(CO)CC23)cc2c1OC(C)(C)C2. The van der Waals surface area contributed by atoms with Crippen LogP contribution in [-0.2, 0) is 16.1 Å². The van der Waals surface area contributed by atoms with E-state index in [2.05, 4.69) is 48.7 Å². The minimum Gasteiger partial charge on any atom is -0.486 e. The van der Waals surface area contributed by atoms with Gasteiger partial charge in [-0.3, -0.25) is 9.59 Å². The molecular formula is C35H47N3O5. The van der Waals surface area contributed by atoms with Gasteiger partial charge in [-0.25, -0.2) is 0 Å². The Morgan fingerprint density at radius 2 is 1.86 bits per heavy atom. The van der Waals surface area contributed by atoms with E-state index in [1.54, 1.807) is 0 Å². The molecule has 2 bridgehead atoms. The molecule has 5 unspecified atom stereocenters. The maximum absolute atomic E-state index is 14.3. The lowest BCUT2D eigenvalue weighted by molar-refractivity contribution is -0.127. The number of aliphatic hydroxyl groups is 1. The van der Waals surface area contributed by atoms with E-state index < -0.39 is 5.60 Å². The summed E-state index contributed by atoms with van der Waals surface area (Å²) in [7, 11) is 0. The van der Waals surface area contributed by atoms with Crippen LogP contribution in [-0.4, -0.2) is 53.5 Å². The number of allylic oxidation sites excluding steroid dienone is 1. The molecule has 0 aromatic heterocycles. The van der Waals surface area contributed by atoms with Gasteiger partial charge in [-0.2, -0.15) is 0 Å². The van der Waals surface area contributed by atoms with Gasteiger partial charge in [0.05, 0.1) is 17.2 Å². The lowest BCUT2D eigenvalue weighted by Crippen LogP contribution is -2.50. The van der Waals surface area contributed by atoms with Gasteiger partial charge in [0.25, 0.3) is 5.91 Å². The zero-order valence-electron chi connectivity index (χ0n) is 26.2. The first kappa shape index (κ1) is 28.9. The summed E-state index contributed by atoms with van der Waals surface area (Å²) in [5.41, 5.74) is 4.19. The van der Waals surface area contributed by atoms with E-state index in [4.69, 9.17) is 9.57 Å². The lowest BCUT2D eigenvalue weighted by atomic mass is 9.83. The molecule has 4 saturated carbocycles. The highest BCUT2D eigenvalue weighted by Gasteiger charge is 2.55. The molecule has 3 N–H and O–H groups in total. The Hall–Kier alpha value is -2.87. The van der Waals surface area contributed by atoms with Crippen LogP contribution in [0.3, 0.4) is 0 Å². The minimum atomic E-state index is -0.427. The van der Waals surface area contributed by atoms with Crippen molar-refractivity contribution in [2.45, 2.75) is 97.3 Å². The monoisotopic (exact) mass is 589 g/mol. The summed E-state index contributed by atoms with van der Waals surface area (Å²) >= 11 is 0. The highest BCUT2D eigenvalue weighted by molar-refractivity contribution is 6.07. The second-order valence-corrected chi connectivity index (χ2v) is 15.9. The topological polar surface area (TPSA) is 109 Å². The normalized spacial score (nSPS) is 34.4.